The molecule has 3 aromatic rings. The fourth-order valence-corrected chi connectivity index (χ4v) is 3.33. The van der Waals surface area contributed by atoms with E-state index in [0.717, 1.165) is 22.6 Å². The van der Waals surface area contributed by atoms with Crippen molar-refractivity contribution in [2.75, 3.05) is 7.05 Å². The van der Waals surface area contributed by atoms with Crippen LogP contribution in [0.2, 0.25) is 0 Å². The van der Waals surface area contributed by atoms with E-state index in [4.69, 9.17) is 0 Å². The normalized spacial score (nSPS) is 11.9. The molecule has 1 atom stereocenters. The highest BCUT2D eigenvalue weighted by molar-refractivity contribution is 5.94. The van der Waals surface area contributed by atoms with Gasteiger partial charge in [-0.25, -0.2) is 0 Å². The maximum Gasteiger partial charge on any atom is 0.269 e. The Balaban J connectivity index is 1.81. The predicted octanol–water partition coefficient (Wildman–Crippen LogP) is 4.84. The van der Waals surface area contributed by atoms with E-state index in [0.29, 0.717) is 5.56 Å². The minimum absolute atomic E-state index is 0.0204. The highest BCUT2D eigenvalue weighted by Crippen LogP contribution is 2.25. The fraction of sp³-hybridized carbons (Fsp3) is 0.227. The number of non-ortho nitro benzene ring substituents is 1. The molecule has 6 heteroatoms. The zero-order valence-corrected chi connectivity index (χ0v) is 16.4. The molecule has 0 saturated heterocycles. The van der Waals surface area contributed by atoms with Gasteiger partial charge in [0.1, 0.15) is 0 Å². The smallest absolute Gasteiger partial charge is 0.269 e. The second kappa shape index (κ2) is 7.68. The van der Waals surface area contributed by atoms with Gasteiger partial charge in [0, 0.05) is 41.8 Å². The van der Waals surface area contributed by atoms with E-state index in [9.17, 15) is 14.9 Å². The van der Waals surface area contributed by atoms with Gasteiger partial charge in [0.05, 0.1) is 11.0 Å². The number of benzene rings is 2. The quantitative estimate of drug-likeness (QED) is 0.472. The third kappa shape index (κ3) is 3.67. The minimum Gasteiger partial charge on any atom is -0.335 e. The highest BCUT2D eigenvalue weighted by atomic mass is 16.6. The maximum absolute atomic E-state index is 12.9. The van der Waals surface area contributed by atoms with Crippen LogP contribution in [0.3, 0.4) is 0 Å². The van der Waals surface area contributed by atoms with Crippen molar-refractivity contribution < 1.29 is 9.72 Å². The summed E-state index contributed by atoms with van der Waals surface area (Å²) in [6.45, 7) is 5.94. The molecule has 1 heterocycles. The summed E-state index contributed by atoms with van der Waals surface area (Å²) in [5.41, 5.74) is 4.59. The topological polar surface area (TPSA) is 68.4 Å². The molecular formula is C22H23N3O3. The van der Waals surface area contributed by atoms with Crippen molar-refractivity contribution in [3.05, 3.63) is 93.3 Å². The lowest BCUT2D eigenvalue weighted by molar-refractivity contribution is -0.384. The van der Waals surface area contributed by atoms with Gasteiger partial charge in [0.25, 0.3) is 11.6 Å². The standard InChI is InChI=1S/C22H23N3O3/c1-15-8-9-16(2)24(15)20-12-10-18(11-13-20)22(26)23(4)17(3)19-6-5-7-21(14-19)25(27)28/h5-14,17H,1-4H3. The van der Waals surface area contributed by atoms with Gasteiger partial charge in [0.2, 0.25) is 0 Å². The molecule has 0 bridgehead atoms. The summed E-state index contributed by atoms with van der Waals surface area (Å²) in [4.78, 5) is 25.1. The van der Waals surface area contributed by atoms with Gasteiger partial charge < -0.3 is 9.47 Å². The number of aromatic nitrogens is 1. The van der Waals surface area contributed by atoms with E-state index in [1.165, 1.54) is 12.1 Å². The van der Waals surface area contributed by atoms with Crippen molar-refractivity contribution in [3.63, 3.8) is 0 Å². The second-order valence-corrected chi connectivity index (χ2v) is 6.94. The summed E-state index contributed by atoms with van der Waals surface area (Å²) >= 11 is 0. The first-order valence-electron chi connectivity index (χ1n) is 9.06. The second-order valence-electron chi connectivity index (χ2n) is 6.94. The van der Waals surface area contributed by atoms with Crippen molar-refractivity contribution in [1.29, 1.82) is 0 Å². The molecule has 1 amide bonds. The molecule has 0 saturated carbocycles. The molecule has 28 heavy (non-hydrogen) atoms. The maximum atomic E-state index is 12.9. The first kappa shape index (κ1) is 19.4. The monoisotopic (exact) mass is 377 g/mol. The Bertz CT molecular complexity index is 1000. The molecule has 2 aromatic carbocycles. The van der Waals surface area contributed by atoms with Gasteiger partial charge in [-0.2, -0.15) is 0 Å². The van der Waals surface area contributed by atoms with Gasteiger partial charge in [0.15, 0.2) is 0 Å². The van der Waals surface area contributed by atoms with Crippen molar-refractivity contribution in [3.8, 4) is 5.69 Å². The zero-order chi connectivity index (χ0) is 20.4. The number of hydrogen-bond acceptors (Lipinski definition) is 3. The number of hydrogen-bond donors (Lipinski definition) is 0. The van der Waals surface area contributed by atoms with Crippen molar-refractivity contribution >= 4 is 11.6 Å². The number of nitro benzene ring substituents is 1. The zero-order valence-electron chi connectivity index (χ0n) is 16.4. The van der Waals surface area contributed by atoms with E-state index in [-0.39, 0.29) is 17.6 Å². The van der Waals surface area contributed by atoms with Crippen LogP contribution >= 0.6 is 0 Å². The van der Waals surface area contributed by atoms with E-state index >= 15 is 0 Å². The summed E-state index contributed by atoms with van der Waals surface area (Å²) < 4.78 is 2.13. The van der Waals surface area contributed by atoms with Crippen LogP contribution in [0.15, 0.2) is 60.7 Å². The molecule has 0 radical (unpaired) electrons. The van der Waals surface area contributed by atoms with Crippen molar-refractivity contribution in [2.24, 2.45) is 0 Å². The fourth-order valence-electron chi connectivity index (χ4n) is 3.33. The lowest BCUT2D eigenvalue weighted by Gasteiger charge is -2.25. The summed E-state index contributed by atoms with van der Waals surface area (Å²) in [5, 5.41) is 11.0. The Labute approximate surface area is 164 Å². The van der Waals surface area contributed by atoms with Crippen LogP contribution in [0, 0.1) is 24.0 Å². The first-order chi connectivity index (χ1) is 13.3. The van der Waals surface area contributed by atoms with E-state index < -0.39 is 4.92 Å². The highest BCUT2D eigenvalue weighted by Gasteiger charge is 2.20. The first-order valence-corrected chi connectivity index (χ1v) is 9.06. The molecule has 6 nitrogen and oxygen atoms in total. The van der Waals surface area contributed by atoms with Gasteiger partial charge >= 0.3 is 0 Å². The van der Waals surface area contributed by atoms with Crippen LogP contribution in [0.4, 0.5) is 5.69 Å². The number of aryl methyl sites for hydroxylation is 2. The Kier molecular flexibility index (Phi) is 5.31. The number of rotatable bonds is 5. The summed E-state index contributed by atoms with van der Waals surface area (Å²) in [6.07, 6.45) is 0. The number of amides is 1. The van der Waals surface area contributed by atoms with E-state index in [1.807, 2.05) is 45.0 Å². The third-order valence-electron chi connectivity index (χ3n) is 5.11. The van der Waals surface area contributed by atoms with Crippen molar-refractivity contribution in [2.45, 2.75) is 26.8 Å². The third-order valence-corrected chi connectivity index (χ3v) is 5.11. The SMILES string of the molecule is Cc1ccc(C)n1-c1ccc(C(=O)N(C)C(C)c2cccc([N+](=O)[O-])c2)cc1. The molecular weight excluding hydrogens is 354 g/mol. The number of nitrogens with zero attached hydrogens (tertiary/aromatic N) is 3. The Morgan fingerprint density at radius 3 is 2.21 bits per heavy atom. The molecule has 3 rings (SSSR count). The van der Waals surface area contributed by atoms with Crippen LogP contribution < -0.4 is 0 Å². The molecule has 0 aliphatic heterocycles. The lowest BCUT2D eigenvalue weighted by atomic mass is 10.1. The van der Waals surface area contributed by atoms with E-state index in [1.54, 1.807) is 24.1 Å². The number of carbonyl (C=O) groups excluding carboxylic acids is 1. The molecule has 0 fully saturated rings. The Morgan fingerprint density at radius 1 is 1.04 bits per heavy atom. The molecule has 1 unspecified atom stereocenters. The Hall–Kier alpha value is -3.41. The lowest BCUT2D eigenvalue weighted by Crippen LogP contribution is -2.29. The van der Waals surface area contributed by atoms with Gasteiger partial charge in [-0.3, -0.25) is 14.9 Å². The van der Waals surface area contributed by atoms with Crippen LogP contribution in [0.1, 0.15) is 40.3 Å². The van der Waals surface area contributed by atoms with Crippen LogP contribution in [-0.2, 0) is 0 Å². The van der Waals surface area contributed by atoms with E-state index in [2.05, 4.69) is 16.7 Å². The molecule has 0 aliphatic rings. The molecule has 144 valence electrons. The Morgan fingerprint density at radius 2 is 1.64 bits per heavy atom. The average Bonchev–Trinajstić information content (AvgIpc) is 3.04. The number of carbonyl (C=O) groups is 1. The number of nitro groups is 1. The van der Waals surface area contributed by atoms with Gasteiger partial charge in [-0.1, -0.05) is 12.1 Å². The van der Waals surface area contributed by atoms with Crippen LogP contribution in [0.25, 0.3) is 5.69 Å². The largest absolute Gasteiger partial charge is 0.335 e. The van der Waals surface area contributed by atoms with Gasteiger partial charge in [-0.05, 0) is 62.7 Å². The molecule has 0 N–H and O–H groups in total. The van der Waals surface area contributed by atoms with Crippen molar-refractivity contribution in [1.82, 2.24) is 9.47 Å². The molecule has 0 aliphatic carbocycles. The summed E-state index contributed by atoms with van der Waals surface area (Å²) in [5.74, 6) is -0.133. The molecule has 0 spiro atoms. The summed E-state index contributed by atoms with van der Waals surface area (Å²) in [7, 11) is 1.71. The minimum atomic E-state index is -0.429. The average molecular weight is 377 g/mol. The summed E-state index contributed by atoms with van der Waals surface area (Å²) in [6, 6.07) is 17.7. The molecule has 1 aromatic heterocycles. The van der Waals surface area contributed by atoms with Crippen LogP contribution in [-0.4, -0.2) is 27.3 Å². The predicted molar refractivity (Wildman–Crippen MR) is 109 cm³/mol. The van der Waals surface area contributed by atoms with Gasteiger partial charge in [-0.15, -0.1) is 0 Å². The van der Waals surface area contributed by atoms with Crippen LogP contribution in [0.5, 0.6) is 0 Å².